The maximum Gasteiger partial charge on any atom is 0.573 e. The predicted octanol–water partition coefficient (Wildman–Crippen LogP) is 4.77. The third-order valence-corrected chi connectivity index (χ3v) is 5.72. The Hall–Kier alpha value is -2.29. The minimum absolute atomic E-state index is 0.0755. The average Bonchev–Trinajstić information content (AvgIpc) is 3.07. The highest BCUT2D eigenvalue weighted by Crippen LogP contribution is 2.26. The second-order valence-corrected chi connectivity index (χ2v) is 8.38. The first-order chi connectivity index (χ1) is 15.7. The van der Waals surface area contributed by atoms with E-state index < -0.39 is 12.5 Å². The number of carbonyl (C=O) groups excluding carboxylic acids is 2. The second kappa shape index (κ2) is 13.4. The van der Waals surface area contributed by atoms with E-state index in [1.54, 1.807) is 13.0 Å². The number of likely N-dealkylation sites (tertiary alicyclic amines) is 1. The van der Waals surface area contributed by atoms with Crippen molar-refractivity contribution in [1.29, 1.82) is 0 Å². The minimum atomic E-state index is -4.75. The van der Waals surface area contributed by atoms with E-state index in [0.29, 0.717) is 44.4 Å². The van der Waals surface area contributed by atoms with Crippen molar-refractivity contribution in [2.75, 3.05) is 13.2 Å². The SMILES string of the molecule is CCOC(=O)CCCCCCN1C(=O)CC[C@@H]1CC[C@@H](O)Cc1cccc(OC(F)(F)F)c1. The van der Waals surface area contributed by atoms with E-state index in [0.717, 1.165) is 32.1 Å². The number of amides is 1. The lowest BCUT2D eigenvalue weighted by atomic mass is 10.00. The van der Waals surface area contributed by atoms with Crippen LogP contribution in [0.3, 0.4) is 0 Å². The number of unbranched alkanes of at least 4 members (excludes halogenated alkanes) is 3. The number of carbonyl (C=O) groups is 2. The van der Waals surface area contributed by atoms with Crippen LogP contribution >= 0.6 is 0 Å². The number of nitrogens with zero attached hydrogens (tertiary/aromatic N) is 1. The Morgan fingerprint density at radius 2 is 2.00 bits per heavy atom. The summed E-state index contributed by atoms with van der Waals surface area (Å²) in [6, 6.07) is 5.70. The zero-order valence-electron chi connectivity index (χ0n) is 19.1. The minimum Gasteiger partial charge on any atom is -0.466 e. The largest absolute Gasteiger partial charge is 0.573 e. The van der Waals surface area contributed by atoms with E-state index in [-0.39, 0.29) is 30.1 Å². The van der Waals surface area contributed by atoms with Crippen molar-refractivity contribution in [2.24, 2.45) is 0 Å². The number of hydrogen-bond acceptors (Lipinski definition) is 5. The first-order valence-electron chi connectivity index (χ1n) is 11.7. The van der Waals surface area contributed by atoms with Gasteiger partial charge in [-0.15, -0.1) is 13.2 Å². The maximum absolute atomic E-state index is 12.4. The van der Waals surface area contributed by atoms with Crippen LogP contribution in [0.5, 0.6) is 5.75 Å². The fourth-order valence-corrected chi connectivity index (χ4v) is 4.17. The summed E-state index contributed by atoms with van der Waals surface area (Å²) in [6.07, 6.45) is 0.991. The van der Waals surface area contributed by atoms with Gasteiger partial charge in [-0.1, -0.05) is 25.0 Å². The number of hydrogen-bond donors (Lipinski definition) is 1. The van der Waals surface area contributed by atoms with Gasteiger partial charge >= 0.3 is 12.3 Å². The number of esters is 1. The molecule has 6 nitrogen and oxygen atoms in total. The fourth-order valence-electron chi connectivity index (χ4n) is 4.17. The van der Waals surface area contributed by atoms with Gasteiger partial charge in [0.25, 0.3) is 0 Å². The van der Waals surface area contributed by atoms with Gasteiger partial charge in [-0.2, -0.15) is 0 Å². The average molecular weight is 474 g/mol. The van der Waals surface area contributed by atoms with Crippen LogP contribution in [0.4, 0.5) is 13.2 Å². The van der Waals surface area contributed by atoms with Crippen molar-refractivity contribution in [1.82, 2.24) is 4.90 Å². The molecule has 1 amide bonds. The highest BCUT2D eigenvalue weighted by molar-refractivity contribution is 5.78. The molecule has 0 aromatic heterocycles. The molecule has 1 aromatic rings. The normalized spacial score (nSPS) is 17.3. The smallest absolute Gasteiger partial charge is 0.466 e. The summed E-state index contributed by atoms with van der Waals surface area (Å²) in [5, 5.41) is 10.4. The number of ether oxygens (including phenoxy) is 2. The Bertz CT molecular complexity index is 756. The Morgan fingerprint density at radius 3 is 2.73 bits per heavy atom. The van der Waals surface area contributed by atoms with Gasteiger partial charge in [-0.3, -0.25) is 9.59 Å². The molecule has 0 unspecified atom stereocenters. The molecule has 0 spiro atoms. The van der Waals surface area contributed by atoms with Gasteiger partial charge in [-0.05, 0) is 63.1 Å². The molecule has 9 heteroatoms. The van der Waals surface area contributed by atoms with Crippen LogP contribution in [-0.2, 0) is 20.7 Å². The van der Waals surface area contributed by atoms with E-state index in [4.69, 9.17) is 4.74 Å². The number of alkyl halides is 3. The van der Waals surface area contributed by atoms with E-state index in [1.807, 2.05) is 4.90 Å². The van der Waals surface area contributed by atoms with Crippen molar-refractivity contribution in [3.8, 4) is 5.75 Å². The third-order valence-electron chi connectivity index (χ3n) is 5.72. The van der Waals surface area contributed by atoms with Crippen molar-refractivity contribution in [3.05, 3.63) is 29.8 Å². The van der Waals surface area contributed by atoms with Crippen molar-refractivity contribution >= 4 is 11.9 Å². The first-order valence-corrected chi connectivity index (χ1v) is 11.7. The monoisotopic (exact) mass is 473 g/mol. The van der Waals surface area contributed by atoms with Crippen molar-refractivity contribution in [2.45, 2.75) is 89.6 Å². The zero-order chi connectivity index (χ0) is 24.3. The Labute approximate surface area is 193 Å². The highest BCUT2D eigenvalue weighted by Gasteiger charge is 2.32. The van der Waals surface area contributed by atoms with Gasteiger partial charge in [0, 0.05) is 25.4 Å². The Morgan fingerprint density at radius 1 is 1.24 bits per heavy atom. The second-order valence-electron chi connectivity index (χ2n) is 8.38. The standard InChI is InChI=1S/C24H34F3NO5/c1-2-32-23(31)10-5-3-4-6-15-28-19(12-14-22(28)30)11-13-20(29)16-18-8-7-9-21(17-18)33-24(25,26)27/h7-9,17,19-20,29H,2-6,10-16H2,1H3/t19-,20+/m0/s1. The van der Waals surface area contributed by atoms with Gasteiger partial charge in [-0.25, -0.2) is 0 Å². The van der Waals surface area contributed by atoms with Crippen molar-refractivity contribution in [3.63, 3.8) is 0 Å². The summed E-state index contributed by atoms with van der Waals surface area (Å²) in [4.78, 5) is 25.5. The lowest BCUT2D eigenvalue weighted by Gasteiger charge is -2.26. The van der Waals surface area contributed by atoms with Crippen LogP contribution in [-0.4, -0.2) is 53.5 Å². The molecule has 1 aliphatic rings. The van der Waals surface area contributed by atoms with E-state index >= 15 is 0 Å². The molecule has 0 saturated carbocycles. The zero-order valence-corrected chi connectivity index (χ0v) is 19.1. The molecule has 0 aliphatic carbocycles. The molecular weight excluding hydrogens is 439 g/mol. The number of halogens is 3. The maximum atomic E-state index is 12.4. The molecule has 186 valence electrons. The number of aliphatic hydroxyl groups excluding tert-OH is 1. The van der Waals surface area contributed by atoms with Gasteiger partial charge in [0.2, 0.25) is 5.91 Å². The quantitative estimate of drug-likeness (QED) is 0.311. The van der Waals surface area contributed by atoms with Crippen LogP contribution in [0.15, 0.2) is 24.3 Å². The van der Waals surface area contributed by atoms with E-state index in [1.165, 1.54) is 18.2 Å². The summed E-state index contributed by atoms with van der Waals surface area (Å²) in [5.41, 5.74) is 0.562. The Kier molecular flexibility index (Phi) is 11.0. The van der Waals surface area contributed by atoms with Crippen LogP contribution in [0.2, 0.25) is 0 Å². The van der Waals surface area contributed by atoms with Crippen LogP contribution in [0.1, 0.15) is 70.3 Å². The van der Waals surface area contributed by atoms with E-state index in [9.17, 15) is 27.9 Å². The molecule has 1 N–H and O–H groups in total. The molecule has 1 heterocycles. The molecule has 2 rings (SSSR count). The van der Waals surface area contributed by atoms with Gasteiger partial charge in [0.15, 0.2) is 0 Å². The predicted molar refractivity (Wildman–Crippen MR) is 117 cm³/mol. The van der Waals surface area contributed by atoms with Gasteiger partial charge in [0.1, 0.15) is 5.75 Å². The molecule has 0 bridgehead atoms. The summed E-state index contributed by atoms with van der Waals surface area (Å²) >= 11 is 0. The molecule has 1 aromatic carbocycles. The number of rotatable bonds is 14. The summed E-state index contributed by atoms with van der Waals surface area (Å²) in [7, 11) is 0. The molecule has 2 atom stereocenters. The summed E-state index contributed by atoms with van der Waals surface area (Å²) in [6.45, 7) is 2.84. The molecule has 0 radical (unpaired) electrons. The number of benzene rings is 1. The highest BCUT2D eigenvalue weighted by atomic mass is 19.4. The summed E-state index contributed by atoms with van der Waals surface area (Å²) < 4.78 is 46.0. The van der Waals surface area contributed by atoms with Crippen LogP contribution in [0, 0.1) is 0 Å². The van der Waals surface area contributed by atoms with E-state index in [2.05, 4.69) is 4.74 Å². The topological polar surface area (TPSA) is 76.1 Å². The van der Waals surface area contributed by atoms with Gasteiger partial charge in [0.05, 0.1) is 12.7 Å². The lowest BCUT2D eigenvalue weighted by molar-refractivity contribution is -0.274. The molecule has 1 fully saturated rings. The lowest BCUT2D eigenvalue weighted by Crippen LogP contribution is -2.34. The fraction of sp³-hybridized carbons (Fsp3) is 0.667. The molecule has 33 heavy (non-hydrogen) atoms. The molecule has 1 aliphatic heterocycles. The van der Waals surface area contributed by atoms with Gasteiger partial charge < -0.3 is 19.5 Å². The first kappa shape index (κ1) is 27.0. The molecular formula is C24H34F3NO5. The summed E-state index contributed by atoms with van der Waals surface area (Å²) in [5.74, 6) is -0.356. The van der Waals surface area contributed by atoms with Crippen LogP contribution in [0.25, 0.3) is 0 Å². The Balaban J connectivity index is 1.71. The number of aliphatic hydroxyl groups is 1. The van der Waals surface area contributed by atoms with Crippen LogP contribution < -0.4 is 4.74 Å². The van der Waals surface area contributed by atoms with Crippen molar-refractivity contribution < 1.29 is 37.3 Å². The third kappa shape index (κ3) is 10.5. The molecule has 1 saturated heterocycles.